The van der Waals surface area contributed by atoms with E-state index in [1.807, 2.05) is 12.1 Å². The quantitative estimate of drug-likeness (QED) is 0.654. The standard InChI is InChI=1S/C20H24N4OS/c1-13-11-18-21-22-20(24(18)17-10-5-4-9-16(13)17)26-12-19(25)23-14(2)7-6-8-15(23)3/h4-5,9-11,14-15H,6-8,12H2,1-3H3/t14-,15-/m0/s1. The van der Waals surface area contributed by atoms with Crippen molar-refractivity contribution < 1.29 is 4.79 Å². The van der Waals surface area contributed by atoms with Crippen LogP contribution in [-0.4, -0.2) is 43.2 Å². The summed E-state index contributed by atoms with van der Waals surface area (Å²) in [6.07, 6.45) is 3.40. The Hall–Kier alpha value is -2.08. The number of nitrogens with zero attached hydrogens (tertiary/aromatic N) is 4. The number of benzene rings is 1. The van der Waals surface area contributed by atoms with Crippen LogP contribution in [0, 0.1) is 6.92 Å². The fraction of sp³-hybridized carbons (Fsp3) is 0.450. The molecule has 1 fully saturated rings. The molecule has 6 heteroatoms. The molecule has 26 heavy (non-hydrogen) atoms. The van der Waals surface area contributed by atoms with Gasteiger partial charge in [-0.1, -0.05) is 30.0 Å². The lowest BCUT2D eigenvalue weighted by Crippen LogP contribution is -2.48. The molecule has 2 atom stereocenters. The predicted molar refractivity (Wildman–Crippen MR) is 106 cm³/mol. The van der Waals surface area contributed by atoms with Gasteiger partial charge in [-0.25, -0.2) is 0 Å². The molecular weight excluding hydrogens is 344 g/mol. The predicted octanol–water partition coefficient (Wildman–Crippen LogP) is 4.07. The van der Waals surface area contributed by atoms with Crippen molar-refractivity contribution in [1.82, 2.24) is 19.5 Å². The van der Waals surface area contributed by atoms with Crippen LogP contribution in [0.1, 0.15) is 38.7 Å². The summed E-state index contributed by atoms with van der Waals surface area (Å²) in [5.74, 6) is 0.598. The van der Waals surface area contributed by atoms with E-state index >= 15 is 0 Å². The first-order chi connectivity index (χ1) is 12.6. The number of fused-ring (bicyclic) bond motifs is 3. The smallest absolute Gasteiger partial charge is 0.233 e. The number of hydrogen-bond acceptors (Lipinski definition) is 4. The minimum absolute atomic E-state index is 0.197. The molecule has 5 nitrogen and oxygen atoms in total. The third-order valence-electron chi connectivity index (χ3n) is 5.38. The summed E-state index contributed by atoms with van der Waals surface area (Å²) in [7, 11) is 0. The fourth-order valence-corrected chi connectivity index (χ4v) is 4.90. The van der Waals surface area contributed by atoms with Gasteiger partial charge in [0, 0.05) is 17.5 Å². The Morgan fingerprint density at radius 1 is 1.19 bits per heavy atom. The van der Waals surface area contributed by atoms with Crippen LogP contribution in [0.25, 0.3) is 16.6 Å². The maximum Gasteiger partial charge on any atom is 0.233 e. The first-order valence-electron chi connectivity index (χ1n) is 9.23. The van der Waals surface area contributed by atoms with Crippen LogP contribution in [0.2, 0.25) is 0 Å². The highest BCUT2D eigenvalue weighted by Gasteiger charge is 2.29. The largest absolute Gasteiger partial charge is 0.337 e. The van der Waals surface area contributed by atoms with Crippen LogP contribution >= 0.6 is 11.8 Å². The van der Waals surface area contributed by atoms with Gasteiger partial charge in [-0.3, -0.25) is 9.20 Å². The van der Waals surface area contributed by atoms with Gasteiger partial charge < -0.3 is 4.90 Å². The zero-order valence-corrected chi connectivity index (χ0v) is 16.3. The average Bonchev–Trinajstić information content (AvgIpc) is 3.03. The summed E-state index contributed by atoms with van der Waals surface area (Å²) in [6, 6.07) is 11.0. The lowest BCUT2D eigenvalue weighted by molar-refractivity contribution is -0.134. The number of hydrogen-bond donors (Lipinski definition) is 0. The number of pyridine rings is 1. The zero-order chi connectivity index (χ0) is 18.3. The molecule has 0 aliphatic carbocycles. The monoisotopic (exact) mass is 368 g/mol. The number of thioether (sulfide) groups is 1. The van der Waals surface area contributed by atoms with Crippen molar-refractivity contribution in [3.8, 4) is 0 Å². The van der Waals surface area contributed by atoms with Crippen LogP contribution in [0.5, 0.6) is 0 Å². The molecule has 1 aliphatic heterocycles. The lowest BCUT2D eigenvalue weighted by Gasteiger charge is -2.39. The number of para-hydroxylation sites is 1. The molecule has 0 saturated carbocycles. The molecule has 1 aromatic carbocycles. The number of piperidine rings is 1. The molecule has 1 aliphatic rings. The molecule has 136 valence electrons. The zero-order valence-electron chi connectivity index (χ0n) is 15.5. The van der Waals surface area contributed by atoms with E-state index in [1.54, 1.807) is 0 Å². The van der Waals surface area contributed by atoms with Gasteiger partial charge in [0.05, 0.1) is 11.3 Å². The first kappa shape index (κ1) is 17.3. The SMILES string of the molecule is Cc1cc2nnc(SCC(=O)N3[C@@H](C)CCC[C@@H]3C)n2c2ccccc12. The number of carbonyl (C=O) groups is 1. The molecular formula is C20H24N4OS. The Labute approximate surface area is 157 Å². The van der Waals surface area contributed by atoms with Gasteiger partial charge in [0.2, 0.25) is 5.91 Å². The maximum absolute atomic E-state index is 12.8. The number of aryl methyl sites for hydroxylation is 1. The Morgan fingerprint density at radius 2 is 1.92 bits per heavy atom. The molecule has 3 heterocycles. The van der Waals surface area contributed by atoms with Crippen molar-refractivity contribution in [2.24, 2.45) is 0 Å². The second kappa shape index (κ2) is 6.91. The van der Waals surface area contributed by atoms with Crippen LogP contribution in [0.3, 0.4) is 0 Å². The van der Waals surface area contributed by atoms with Crippen molar-refractivity contribution in [3.63, 3.8) is 0 Å². The van der Waals surface area contributed by atoms with Crippen LogP contribution < -0.4 is 0 Å². The lowest BCUT2D eigenvalue weighted by atomic mass is 9.98. The summed E-state index contributed by atoms with van der Waals surface area (Å²) >= 11 is 1.48. The highest BCUT2D eigenvalue weighted by Crippen LogP contribution is 2.27. The van der Waals surface area contributed by atoms with E-state index in [9.17, 15) is 4.79 Å². The Morgan fingerprint density at radius 3 is 2.69 bits per heavy atom. The van der Waals surface area contributed by atoms with E-state index in [0.29, 0.717) is 17.8 Å². The van der Waals surface area contributed by atoms with Gasteiger partial charge in [-0.05, 0) is 57.7 Å². The second-order valence-electron chi connectivity index (χ2n) is 7.24. The number of amides is 1. The summed E-state index contributed by atoms with van der Waals surface area (Å²) in [5, 5.41) is 10.6. The van der Waals surface area contributed by atoms with Crippen molar-refractivity contribution in [2.45, 2.75) is 57.3 Å². The molecule has 1 saturated heterocycles. The van der Waals surface area contributed by atoms with Crippen molar-refractivity contribution in [3.05, 3.63) is 35.9 Å². The Balaban J connectivity index is 1.62. The molecule has 0 radical (unpaired) electrons. The third-order valence-corrected chi connectivity index (χ3v) is 6.29. The normalized spacial score (nSPS) is 20.8. The van der Waals surface area contributed by atoms with Gasteiger partial charge >= 0.3 is 0 Å². The fourth-order valence-electron chi connectivity index (χ4n) is 4.08. The van der Waals surface area contributed by atoms with Gasteiger partial charge in [0.15, 0.2) is 10.8 Å². The number of aromatic nitrogens is 3. The van der Waals surface area contributed by atoms with Gasteiger partial charge in [0.25, 0.3) is 0 Å². The van der Waals surface area contributed by atoms with Gasteiger partial charge in [-0.15, -0.1) is 10.2 Å². The molecule has 1 amide bonds. The van der Waals surface area contributed by atoms with E-state index < -0.39 is 0 Å². The van der Waals surface area contributed by atoms with Gasteiger partial charge in [-0.2, -0.15) is 0 Å². The van der Waals surface area contributed by atoms with E-state index in [0.717, 1.165) is 29.2 Å². The minimum Gasteiger partial charge on any atom is -0.337 e. The molecule has 0 unspecified atom stereocenters. The third kappa shape index (κ3) is 2.96. The Bertz CT molecular complexity index is 957. The van der Waals surface area contributed by atoms with Crippen LogP contribution in [0.15, 0.2) is 35.5 Å². The maximum atomic E-state index is 12.8. The highest BCUT2D eigenvalue weighted by molar-refractivity contribution is 7.99. The first-order valence-corrected chi connectivity index (χ1v) is 10.2. The molecule has 4 rings (SSSR count). The van der Waals surface area contributed by atoms with Crippen molar-refractivity contribution in [2.75, 3.05) is 5.75 Å². The Kier molecular flexibility index (Phi) is 4.61. The highest BCUT2D eigenvalue weighted by atomic mass is 32.2. The summed E-state index contributed by atoms with van der Waals surface area (Å²) in [6.45, 7) is 6.40. The molecule has 0 spiro atoms. The van der Waals surface area contributed by atoms with Crippen molar-refractivity contribution >= 4 is 34.2 Å². The van der Waals surface area contributed by atoms with Crippen LogP contribution in [-0.2, 0) is 4.79 Å². The number of rotatable bonds is 3. The summed E-state index contributed by atoms with van der Waals surface area (Å²) in [5.41, 5.74) is 3.10. The minimum atomic E-state index is 0.197. The molecule has 2 aromatic heterocycles. The number of likely N-dealkylation sites (tertiary alicyclic amines) is 1. The second-order valence-corrected chi connectivity index (χ2v) is 8.18. The molecule has 0 N–H and O–H groups in total. The van der Waals surface area contributed by atoms with E-state index in [1.165, 1.54) is 29.1 Å². The van der Waals surface area contributed by atoms with Gasteiger partial charge in [0.1, 0.15) is 0 Å². The topological polar surface area (TPSA) is 50.5 Å². The number of carbonyl (C=O) groups excluding carboxylic acids is 1. The summed E-state index contributed by atoms with van der Waals surface area (Å²) in [4.78, 5) is 14.9. The van der Waals surface area contributed by atoms with E-state index in [-0.39, 0.29) is 5.91 Å². The van der Waals surface area contributed by atoms with Crippen LogP contribution in [0.4, 0.5) is 0 Å². The van der Waals surface area contributed by atoms with E-state index in [2.05, 4.69) is 58.5 Å². The molecule has 0 bridgehead atoms. The van der Waals surface area contributed by atoms with Crippen molar-refractivity contribution in [1.29, 1.82) is 0 Å². The summed E-state index contributed by atoms with van der Waals surface area (Å²) < 4.78 is 2.06. The average molecular weight is 369 g/mol. The van der Waals surface area contributed by atoms with E-state index in [4.69, 9.17) is 0 Å². The molecule has 3 aromatic rings.